The van der Waals surface area contributed by atoms with Crippen molar-refractivity contribution in [1.82, 2.24) is 10.3 Å². The van der Waals surface area contributed by atoms with Crippen LogP contribution in [-0.2, 0) is 13.0 Å². The molecule has 0 radical (unpaired) electrons. The zero-order chi connectivity index (χ0) is 13.5. The van der Waals surface area contributed by atoms with Gasteiger partial charge in [0.1, 0.15) is 5.82 Å². The van der Waals surface area contributed by atoms with Crippen LogP contribution in [0.15, 0.2) is 42.5 Å². The summed E-state index contributed by atoms with van der Waals surface area (Å²) in [7, 11) is 0. The molecule has 0 bridgehead atoms. The molecule has 3 heteroatoms. The molecule has 2 nitrogen and oxygen atoms in total. The van der Waals surface area contributed by atoms with Gasteiger partial charge in [-0.05, 0) is 53.9 Å². The van der Waals surface area contributed by atoms with Crippen molar-refractivity contribution in [2.45, 2.75) is 13.0 Å². The molecule has 3 aromatic rings. The van der Waals surface area contributed by atoms with Crippen LogP contribution >= 0.6 is 0 Å². The first-order valence-electron chi connectivity index (χ1n) is 6.91. The Bertz CT molecular complexity index is 789. The summed E-state index contributed by atoms with van der Waals surface area (Å²) >= 11 is 0. The fraction of sp³-hybridized carbons (Fsp3) is 0.176. The maximum Gasteiger partial charge on any atom is 0.123 e. The molecular weight excluding hydrogens is 251 g/mol. The third-order valence-electron chi connectivity index (χ3n) is 4.01. The second kappa shape index (κ2) is 4.46. The molecule has 0 saturated heterocycles. The predicted molar refractivity (Wildman–Crippen MR) is 79.1 cm³/mol. The Balaban J connectivity index is 1.90. The van der Waals surface area contributed by atoms with Gasteiger partial charge in [-0.3, -0.25) is 0 Å². The summed E-state index contributed by atoms with van der Waals surface area (Å²) in [4.78, 5) is 3.47. The summed E-state index contributed by atoms with van der Waals surface area (Å²) in [6.07, 6.45) is 1.04. The van der Waals surface area contributed by atoms with E-state index in [4.69, 9.17) is 0 Å². The second-order valence-electron chi connectivity index (χ2n) is 5.28. The smallest absolute Gasteiger partial charge is 0.123 e. The average Bonchev–Trinajstić information content (AvgIpc) is 2.85. The number of benzene rings is 2. The minimum Gasteiger partial charge on any atom is -0.357 e. The Hall–Kier alpha value is -2.13. The number of fused-ring (bicyclic) bond motifs is 3. The lowest BCUT2D eigenvalue weighted by atomic mass is 10.00. The molecule has 0 fully saturated rings. The van der Waals surface area contributed by atoms with Crippen molar-refractivity contribution in [2.24, 2.45) is 0 Å². The maximum absolute atomic E-state index is 13.4. The Labute approximate surface area is 116 Å². The second-order valence-corrected chi connectivity index (χ2v) is 5.28. The Morgan fingerprint density at radius 1 is 1.00 bits per heavy atom. The number of aromatic amines is 1. The van der Waals surface area contributed by atoms with Crippen molar-refractivity contribution in [3.05, 3.63) is 59.5 Å². The number of nitrogens with one attached hydrogen (secondary N) is 2. The van der Waals surface area contributed by atoms with Gasteiger partial charge in [-0.15, -0.1) is 0 Å². The fourth-order valence-electron chi connectivity index (χ4n) is 3.01. The molecule has 1 aliphatic heterocycles. The Morgan fingerprint density at radius 3 is 2.80 bits per heavy atom. The molecule has 0 amide bonds. The van der Waals surface area contributed by atoms with Crippen LogP contribution in [0.5, 0.6) is 0 Å². The van der Waals surface area contributed by atoms with Crippen molar-refractivity contribution in [3.63, 3.8) is 0 Å². The predicted octanol–water partition coefficient (Wildman–Crippen LogP) is 3.62. The van der Waals surface area contributed by atoms with E-state index in [0.717, 1.165) is 30.6 Å². The third kappa shape index (κ3) is 1.82. The van der Waals surface area contributed by atoms with Crippen LogP contribution in [0, 0.1) is 5.82 Å². The summed E-state index contributed by atoms with van der Waals surface area (Å²) in [6.45, 7) is 1.92. The highest BCUT2D eigenvalue weighted by Gasteiger charge is 2.15. The molecule has 0 saturated carbocycles. The van der Waals surface area contributed by atoms with Crippen molar-refractivity contribution < 1.29 is 4.39 Å². The van der Waals surface area contributed by atoms with E-state index >= 15 is 0 Å². The lowest BCUT2D eigenvalue weighted by Crippen LogP contribution is -2.22. The number of hydrogen-bond acceptors (Lipinski definition) is 1. The van der Waals surface area contributed by atoms with Gasteiger partial charge in [0.2, 0.25) is 0 Å². The van der Waals surface area contributed by atoms with Gasteiger partial charge < -0.3 is 10.3 Å². The number of aromatic nitrogens is 1. The maximum atomic E-state index is 13.4. The van der Waals surface area contributed by atoms with Gasteiger partial charge in [0, 0.05) is 23.1 Å². The van der Waals surface area contributed by atoms with E-state index in [9.17, 15) is 4.39 Å². The van der Waals surface area contributed by atoms with E-state index in [1.54, 1.807) is 12.1 Å². The minimum atomic E-state index is -0.192. The molecule has 2 heterocycles. The summed E-state index contributed by atoms with van der Waals surface area (Å²) < 4.78 is 13.4. The summed E-state index contributed by atoms with van der Waals surface area (Å²) in [5.74, 6) is -0.192. The first-order chi connectivity index (χ1) is 9.81. The van der Waals surface area contributed by atoms with Crippen LogP contribution in [0.25, 0.3) is 22.0 Å². The SMILES string of the molecule is Fc1cccc(-c2ccc3[nH]c4c(c3c2)CCNC4)c1. The van der Waals surface area contributed by atoms with Crippen LogP contribution < -0.4 is 5.32 Å². The number of H-pyrrole nitrogens is 1. The molecule has 0 spiro atoms. The quantitative estimate of drug-likeness (QED) is 0.691. The van der Waals surface area contributed by atoms with Crippen molar-refractivity contribution >= 4 is 10.9 Å². The highest BCUT2D eigenvalue weighted by molar-refractivity contribution is 5.89. The molecule has 1 aliphatic rings. The molecule has 0 atom stereocenters. The lowest BCUT2D eigenvalue weighted by Gasteiger charge is -2.12. The van der Waals surface area contributed by atoms with Gasteiger partial charge in [-0.1, -0.05) is 18.2 Å². The molecule has 4 rings (SSSR count). The zero-order valence-electron chi connectivity index (χ0n) is 11.0. The van der Waals surface area contributed by atoms with Gasteiger partial charge in [-0.25, -0.2) is 4.39 Å². The molecular formula is C17H15FN2. The molecule has 100 valence electrons. The van der Waals surface area contributed by atoms with Crippen LogP contribution in [-0.4, -0.2) is 11.5 Å². The van der Waals surface area contributed by atoms with Crippen molar-refractivity contribution in [3.8, 4) is 11.1 Å². The topological polar surface area (TPSA) is 27.8 Å². The van der Waals surface area contributed by atoms with Crippen LogP contribution in [0.3, 0.4) is 0 Å². The van der Waals surface area contributed by atoms with Crippen LogP contribution in [0.1, 0.15) is 11.3 Å². The summed E-state index contributed by atoms with van der Waals surface area (Å²) in [5, 5.41) is 4.64. The Kier molecular flexibility index (Phi) is 2.60. The van der Waals surface area contributed by atoms with Gasteiger partial charge in [-0.2, -0.15) is 0 Å². The molecule has 1 aromatic heterocycles. The summed E-state index contributed by atoms with van der Waals surface area (Å²) in [5.41, 5.74) is 5.84. The van der Waals surface area contributed by atoms with E-state index in [0.29, 0.717) is 0 Å². The molecule has 20 heavy (non-hydrogen) atoms. The highest BCUT2D eigenvalue weighted by atomic mass is 19.1. The van der Waals surface area contributed by atoms with E-state index < -0.39 is 0 Å². The molecule has 0 unspecified atom stereocenters. The van der Waals surface area contributed by atoms with Crippen LogP contribution in [0.2, 0.25) is 0 Å². The van der Waals surface area contributed by atoms with Gasteiger partial charge in [0.15, 0.2) is 0 Å². The molecule has 2 aromatic carbocycles. The monoisotopic (exact) mass is 266 g/mol. The third-order valence-corrected chi connectivity index (χ3v) is 4.01. The summed E-state index contributed by atoms with van der Waals surface area (Å²) in [6, 6.07) is 13.1. The fourth-order valence-corrected chi connectivity index (χ4v) is 3.01. The van der Waals surface area contributed by atoms with Gasteiger partial charge in [0.25, 0.3) is 0 Å². The number of halogens is 1. The van der Waals surface area contributed by atoms with E-state index in [-0.39, 0.29) is 5.82 Å². The van der Waals surface area contributed by atoms with Gasteiger partial charge in [0.05, 0.1) is 0 Å². The van der Waals surface area contributed by atoms with Crippen LogP contribution in [0.4, 0.5) is 4.39 Å². The number of hydrogen-bond donors (Lipinski definition) is 2. The number of rotatable bonds is 1. The average molecular weight is 266 g/mol. The van der Waals surface area contributed by atoms with E-state index in [1.165, 1.54) is 28.2 Å². The molecule has 0 aliphatic carbocycles. The first-order valence-corrected chi connectivity index (χ1v) is 6.91. The van der Waals surface area contributed by atoms with Crippen molar-refractivity contribution in [2.75, 3.05) is 6.54 Å². The van der Waals surface area contributed by atoms with E-state index in [1.807, 2.05) is 12.1 Å². The first kappa shape index (κ1) is 11.7. The van der Waals surface area contributed by atoms with Gasteiger partial charge >= 0.3 is 0 Å². The normalized spacial score (nSPS) is 14.4. The standard InChI is InChI=1S/C17H15FN2/c18-13-3-1-2-11(8-13)12-4-5-16-15(9-12)14-6-7-19-10-17(14)20-16/h1-5,8-9,19-20H,6-7,10H2. The minimum absolute atomic E-state index is 0.192. The van der Waals surface area contributed by atoms with Crippen molar-refractivity contribution in [1.29, 1.82) is 0 Å². The lowest BCUT2D eigenvalue weighted by molar-refractivity contribution is 0.628. The zero-order valence-corrected chi connectivity index (χ0v) is 11.0. The highest BCUT2D eigenvalue weighted by Crippen LogP contribution is 2.30. The largest absolute Gasteiger partial charge is 0.357 e. The van der Waals surface area contributed by atoms with E-state index in [2.05, 4.69) is 22.4 Å². The molecule has 2 N–H and O–H groups in total. The Morgan fingerprint density at radius 2 is 1.90 bits per heavy atom.